The van der Waals surface area contributed by atoms with E-state index in [2.05, 4.69) is 20.9 Å². The van der Waals surface area contributed by atoms with Crippen molar-refractivity contribution in [1.29, 1.82) is 0 Å². The number of aromatic nitrogens is 1. The van der Waals surface area contributed by atoms with Crippen molar-refractivity contribution in [3.8, 4) is 23.0 Å². The molecule has 1 saturated carbocycles. The lowest BCUT2D eigenvalue weighted by atomic mass is 9.56. The number of nitrogens with zero attached hydrogens (tertiary/aromatic N) is 3. The van der Waals surface area contributed by atoms with Gasteiger partial charge in [0.25, 0.3) is 11.8 Å². The van der Waals surface area contributed by atoms with Crippen LogP contribution in [0.25, 0.3) is 22.6 Å². The van der Waals surface area contributed by atoms with Gasteiger partial charge in [-0.05, 0) is 68.1 Å². The third kappa shape index (κ3) is 4.34. The molecular formula is C36H28BrCl2N3O7. The summed E-state index contributed by atoms with van der Waals surface area (Å²) in [5.74, 6) is -5.38. The van der Waals surface area contributed by atoms with Crippen LogP contribution in [0.5, 0.6) is 11.5 Å². The second-order valence-electron chi connectivity index (χ2n) is 12.7. The number of hydrogen-bond donors (Lipinski definition) is 1. The zero-order valence-electron chi connectivity index (χ0n) is 25.9. The molecule has 3 heterocycles. The number of phenolic OH excluding ortho intramolecular Hbond substituents is 1. The van der Waals surface area contributed by atoms with Crippen LogP contribution in [0.1, 0.15) is 31.2 Å². The Hall–Kier alpha value is -4.19. The number of anilines is 1. The van der Waals surface area contributed by atoms with Crippen LogP contribution >= 0.6 is 39.1 Å². The lowest BCUT2D eigenvalue weighted by Gasteiger charge is -2.50. The smallest absolute Gasteiger partial charge is 0.254 e. The Morgan fingerprint density at radius 2 is 1.73 bits per heavy atom. The summed E-state index contributed by atoms with van der Waals surface area (Å²) in [6, 6.07) is 19.1. The first-order valence-corrected chi connectivity index (χ1v) is 17.7. The number of imide groups is 2. The summed E-state index contributed by atoms with van der Waals surface area (Å²) in [5, 5.41) is 11.5. The summed E-state index contributed by atoms with van der Waals surface area (Å²) in [5.41, 5.74) is 3.07. The summed E-state index contributed by atoms with van der Waals surface area (Å²) < 4.78 is 11.5. The quantitative estimate of drug-likeness (QED) is 0.102. The number of carbonyl (C=O) groups is 4. The third-order valence-electron chi connectivity index (χ3n) is 10.3. The van der Waals surface area contributed by atoms with Gasteiger partial charge in [0.15, 0.2) is 26.8 Å². The molecule has 6 atom stereocenters. The van der Waals surface area contributed by atoms with Gasteiger partial charge in [0.05, 0.1) is 29.6 Å². The zero-order chi connectivity index (χ0) is 34.4. The number of phenols is 1. The monoisotopic (exact) mass is 763 g/mol. The second-order valence-corrected chi connectivity index (χ2v) is 14.4. The lowest BCUT2D eigenvalue weighted by molar-refractivity contribution is -0.138. The molecule has 8 rings (SSSR count). The molecule has 3 aromatic carbocycles. The van der Waals surface area contributed by atoms with Crippen LogP contribution in [-0.2, 0) is 19.2 Å². The largest absolute Gasteiger partial charge is 0.504 e. The average molecular weight is 765 g/mol. The number of amides is 4. The highest BCUT2D eigenvalue weighted by molar-refractivity contribution is 9.09. The van der Waals surface area contributed by atoms with Gasteiger partial charge in [0.2, 0.25) is 17.7 Å². The fraction of sp³-hybridized carbons (Fsp3) is 0.306. The van der Waals surface area contributed by atoms with E-state index in [1.807, 2.05) is 30.3 Å². The fourth-order valence-corrected chi connectivity index (χ4v) is 9.56. The number of ether oxygens (including phenoxy) is 1. The van der Waals surface area contributed by atoms with Gasteiger partial charge in [-0.1, -0.05) is 51.8 Å². The Kier molecular flexibility index (Phi) is 7.47. The average Bonchev–Trinajstić information content (AvgIpc) is 3.69. The molecule has 0 radical (unpaired) electrons. The number of alkyl halides is 3. The molecule has 3 fully saturated rings. The number of benzene rings is 3. The van der Waals surface area contributed by atoms with Crippen LogP contribution in [0, 0.1) is 17.8 Å². The molecule has 49 heavy (non-hydrogen) atoms. The molecule has 1 N–H and O–H groups in total. The highest BCUT2D eigenvalue weighted by Crippen LogP contribution is 2.66. The van der Waals surface area contributed by atoms with E-state index in [-0.39, 0.29) is 47.9 Å². The number of rotatable bonds is 6. The van der Waals surface area contributed by atoms with E-state index in [1.54, 1.807) is 49.4 Å². The molecule has 6 unspecified atom stereocenters. The fourth-order valence-electron chi connectivity index (χ4n) is 8.15. The van der Waals surface area contributed by atoms with E-state index in [0.29, 0.717) is 33.8 Å². The third-order valence-corrected chi connectivity index (χ3v) is 12.2. The number of fused-ring (bicyclic) bond motifs is 5. The van der Waals surface area contributed by atoms with Crippen LogP contribution in [0.15, 0.2) is 82.8 Å². The topological polar surface area (TPSA) is 130 Å². The minimum absolute atomic E-state index is 0.147. The van der Waals surface area contributed by atoms with E-state index >= 15 is 0 Å². The van der Waals surface area contributed by atoms with Crippen molar-refractivity contribution in [1.82, 2.24) is 9.88 Å². The Morgan fingerprint density at radius 3 is 2.45 bits per heavy atom. The number of carbonyl (C=O) groups excluding carboxylic acids is 4. The standard InChI is InChI=1S/C36H28BrCl2N3O7/c1-2-48-26-9-5-6-22(29(26)43)28-20-14-15-21-27(23(20)16-35(38)33(46)41(17-37)34(47)36(28,35)39)32(45)42(31(21)44)19-12-10-18(11-13-19)30-40-24-7-3-4-8-25(24)49-30/h3-14,21,23,27-28,43H,2,15-17H2,1H3. The van der Waals surface area contributed by atoms with Gasteiger partial charge < -0.3 is 14.3 Å². The van der Waals surface area contributed by atoms with Gasteiger partial charge in [-0.2, -0.15) is 0 Å². The van der Waals surface area contributed by atoms with E-state index < -0.39 is 51.1 Å². The number of para-hydroxylation sites is 3. The molecule has 4 amide bonds. The van der Waals surface area contributed by atoms with Gasteiger partial charge in [-0.25, -0.2) is 4.98 Å². The van der Waals surface area contributed by atoms with Crippen molar-refractivity contribution in [2.75, 3.05) is 17.0 Å². The Labute approximate surface area is 298 Å². The summed E-state index contributed by atoms with van der Waals surface area (Å²) in [7, 11) is 0. The van der Waals surface area contributed by atoms with Crippen molar-refractivity contribution in [2.24, 2.45) is 17.8 Å². The van der Waals surface area contributed by atoms with Crippen molar-refractivity contribution >= 4 is 79.5 Å². The first-order chi connectivity index (χ1) is 23.5. The molecule has 2 aliphatic heterocycles. The predicted octanol–water partition coefficient (Wildman–Crippen LogP) is 6.51. The van der Waals surface area contributed by atoms with Crippen molar-refractivity contribution in [3.05, 3.63) is 83.9 Å². The first-order valence-electron chi connectivity index (χ1n) is 15.8. The maximum atomic E-state index is 14.4. The number of likely N-dealkylation sites (tertiary alicyclic amines) is 1. The van der Waals surface area contributed by atoms with E-state index in [1.165, 1.54) is 4.90 Å². The summed E-state index contributed by atoms with van der Waals surface area (Å²) in [6.45, 7) is 2.03. The van der Waals surface area contributed by atoms with E-state index in [4.69, 9.17) is 32.4 Å². The summed E-state index contributed by atoms with van der Waals surface area (Å²) >= 11 is 17.8. The maximum Gasteiger partial charge on any atom is 0.254 e. The molecule has 13 heteroatoms. The van der Waals surface area contributed by atoms with Crippen LogP contribution < -0.4 is 9.64 Å². The first kappa shape index (κ1) is 32.0. The van der Waals surface area contributed by atoms with Gasteiger partial charge in [0.1, 0.15) is 5.52 Å². The van der Waals surface area contributed by atoms with Crippen molar-refractivity contribution in [3.63, 3.8) is 0 Å². The minimum atomic E-state index is -2.04. The molecule has 4 aliphatic rings. The van der Waals surface area contributed by atoms with E-state index in [9.17, 15) is 24.3 Å². The molecule has 4 aromatic rings. The summed E-state index contributed by atoms with van der Waals surface area (Å²) in [4.78, 5) is 59.0. The van der Waals surface area contributed by atoms with Crippen LogP contribution in [0.3, 0.4) is 0 Å². The number of hydrogen-bond acceptors (Lipinski definition) is 8. The molecule has 2 aliphatic carbocycles. The van der Waals surface area contributed by atoms with Gasteiger partial charge in [0, 0.05) is 17.0 Å². The maximum absolute atomic E-state index is 14.4. The van der Waals surface area contributed by atoms with Crippen LogP contribution in [0.4, 0.5) is 5.69 Å². The van der Waals surface area contributed by atoms with Gasteiger partial charge >= 0.3 is 0 Å². The molecule has 0 bridgehead atoms. The number of allylic oxidation sites excluding steroid dienone is 2. The highest BCUT2D eigenvalue weighted by Gasteiger charge is 2.76. The summed E-state index contributed by atoms with van der Waals surface area (Å²) in [6.07, 6.45) is 1.85. The van der Waals surface area contributed by atoms with Crippen LogP contribution in [0.2, 0.25) is 0 Å². The molecule has 10 nitrogen and oxygen atoms in total. The molecule has 1 aromatic heterocycles. The van der Waals surface area contributed by atoms with Gasteiger partial charge in [-0.15, -0.1) is 23.2 Å². The van der Waals surface area contributed by atoms with Gasteiger partial charge in [-0.3, -0.25) is 29.0 Å². The molecular weight excluding hydrogens is 737 g/mol. The molecule has 250 valence electrons. The Bertz CT molecular complexity index is 2090. The van der Waals surface area contributed by atoms with Crippen molar-refractivity contribution in [2.45, 2.75) is 35.4 Å². The van der Waals surface area contributed by atoms with E-state index in [0.717, 1.165) is 4.90 Å². The normalized spacial score (nSPS) is 29.3. The number of halogens is 3. The molecule has 0 spiro atoms. The zero-order valence-corrected chi connectivity index (χ0v) is 29.0. The number of oxazole rings is 1. The predicted molar refractivity (Wildman–Crippen MR) is 185 cm³/mol. The lowest BCUT2D eigenvalue weighted by Crippen LogP contribution is -2.60. The highest BCUT2D eigenvalue weighted by atomic mass is 79.9. The Balaban J connectivity index is 1.20. The SMILES string of the molecule is CCOc1cccc(C2C3=CCC4C(=O)N(c5ccc(-c6nc7ccccc7o6)cc5)C(=O)C4C3CC3(Cl)C(=O)N(CBr)C(=O)C23Cl)c1O. The number of aromatic hydroxyl groups is 1. The Morgan fingerprint density at radius 1 is 0.980 bits per heavy atom. The minimum Gasteiger partial charge on any atom is -0.504 e. The second kappa shape index (κ2) is 11.4. The molecule has 2 saturated heterocycles. The van der Waals surface area contributed by atoms with Crippen LogP contribution in [-0.4, -0.2) is 60.4 Å². The van der Waals surface area contributed by atoms with Crippen molar-refractivity contribution < 1.29 is 33.4 Å².